The van der Waals surface area contributed by atoms with Gasteiger partial charge in [-0.3, -0.25) is 9.20 Å². The molecule has 38 heavy (non-hydrogen) atoms. The second-order valence-corrected chi connectivity index (χ2v) is 11.4. The summed E-state index contributed by atoms with van der Waals surface area (Å²) in [6, 6.07) is 3.82. The Hall–Kier alpha value is -3.88. The number of aromatic nitrogens is 3. The number of nitrogens with one attached hydrogen (secondary N) is 1. The van der Waals surface area contributed by atoms with Crippen LogP contribution in [0, 0.1) is 6.92 Å². The lowest BCUT2D eigenvalue weighted by Crippen LogP contribution is -2.51. The van der Waals surface area contributed by atoms with Gasteiger partial charge in [-0.1, -0.05) is 0 Å². The molecule has 0 saturated carbocycles. The van der Waals surface area contributed by atoms with Gasteiger partial charge in [-0.05, 0) is 38.8 Å². The average Bonchev–Trinajstić information content (AvgIpc) is 3.16. The molecule has 0 unspecified atom stereocenters. The van der Waals surface area contributed by atoms with Gasteiger partial charge in [-0.25, -0.2) is 23.2 Å². The highest BCUT2D eigenvalue weighted by atomic mass is 32.2. The smallest absolute Gasteiger partial charge is 0.422 e. The summed E-state index contributed by atoms with van der Waals surface area (Å²) in [5, 5.41) is 12.0. The lowest BCUT2D eigenvalue weighted by molar-refractivity contribution is -0.153. The Morgan fingerprint density at radius 3 is 2.55 bits per heavy atom. The predicted octanol–water partition coefficient (Wildman–Crippen LogP) is 3.17. The van der Waals surface area contributed by atoms with Gasteiger partial charge in [0.05, 0.1) is 29.0 Å². The first-order valence-corrected chi connectivity index (χ1v) is 13.1. The van der Waals surface area contributed by atoms with Gasteiger partial charge in [0.2, 0.25) is 0 Å². The fourth-order valence-electron chi connectivity index (χ4n) is 3.87. The van der Waals surface area contributed by atoms with E-state index < -0.39 is 57.2 Å². The first-order valence-electron chi connectivity index (χ1n) is 11.3. The van der Waals surface area contributed by atoms with E-state index in [1.54, 1.807) is 13.8 Å². The second-order valence-electron chi connectivity index (χ2n) is 9.14. The molecule has 3 aromatic heterocycles. The molecule has 0 spiro atoms. The quantitative estimate of drug-likeness (QED) is 0.447. The minimum absolute atomic E-state index is 0.0230. The van der Waals surface area contributed by atoms with Crippen molar-refractivity contribution in [1.82, 2.24) is 19.7 Å². The number of pyridine rings is 2. The summed E-state index contributed by atoms with van der Waals surface area (Å²) in [5.74, 6) is -2.76. The number of sulfone groups is 1. The Balaban J connectivity index is 1.58. The van der Waals surface area contributed by atoms with E-state index in [-0.39, 0.29) is 35.8 Å². The lowest BCUT2D eigenvalue weighted by atomic mass is 9.94. The van der Waals surface area contributed by atoms with E-state index in [0.717, 1.165) is 12.3 Å². The number of nitrogens with zero attached hydrogens (tertiary/aromatic N) is 3. The zero-order chi connectivity index (χ0) is 27.9. The van der Waals surface area contributed by atoms with E-state index in [2.05, 4.69) is 15.3 Å². The second kappa shape index (κ2) is 9.78. The Morgan fingerprint density at radius 2 is 1.92 bits per heavy atom. The number of carboxylic acid groups (broad SMARTS) is 1. The number of carboxylic acids is 1. The zero-order valence-corrected chi connectivity index (χ0v) is 21.0. The molecule has 15 heteroatoms. The first-order chi connectivity index (χ1) is 17.6. The van der Waals surface area contributed by atoms with E-state index in [4.69, 9.17) is 14.6 Å². The van der Waals surface area contributed by atoms with Gasteiger partial charge in [0.25, 0.3) is 11.8 Å². The third-order valence-corrected chi connectivity index (χ3v) is 7.71. The van der Waals surface area contributed by atoms with E-state index in [1.807, 2.05) is 0 Å². The molecule has 2 N–H and O–H groups in total. The van der Waals surface area contributed by atoms with Crippen LogP contribution in [0.25, 0.3) is 5.65 Å². The van der Waals surface area contributed by atoms with Gasteiger partial charge in [-0.15, -0.1) is 0 Å². The number of hydrogen-bond acceptors (Lipinski definition) is 8. The number of carbonyl (C=O) groups is 2. The Kier molecular flexibility index (Phi) is 6.99. The number of halogens is 3. The molecular weight excluding hydrogens is 533 g/mol. The summed E-state index contributed by atoms with van der Waals surface area (Å²) in [5.41, 5.74) is -0.193. The van der Waals surface area contributed by atoms with E-state index in [0.29, 0.717) is 11.3 Å². The van der Waals surface area contributed by atoms with Crippen molar-refractivity contribution in [2.45, 2.75) is 38.4 Å². The number of imidazole rings is 1. The third kappa shape index (κ3) is 6.15. The van der Waals surface area contributed by atoms with Gasteiger partial charge in [0, 0.05) is 17.8 Å². The fourth-order valence-corrected chi connectivity index (χ4v) is 5.59. The highest BCUT2D eigenvalue weighted by molar-refractivity contribution is 7.91. The van der Waals surface area contributed by atoms with Gasteiger partial charge in [0.15, 0.2) is 12.4 Å². The van der Waals surface area contributed by atoms with Crippen LogP contribution in [0.5, 0.6) is 17.4 Å². The molecule has 0 aromatic carbocycles. The number of aryl methyl sites for hydroxylation is 1. The summed E-state index contributed by atoms with van der Waals surface area (Å²) >= 11 is 0. The molecule has 0 bridgehead atoms. The minimum Gasteiger partial charge on any atom is -0.478 e. The molecule has 1 saturated heterocycles. The van der Waals surface area contributed by atoms with Crippen molar-refractivity contribution in [3.8, 4) is 17.4 Å². The van der Waals surface area contributed by atoms with Crippen LogP contribution in [0.2, 0.25) is 0 Å². The molecule has 4 rings (SSSR count). The summed E-state index contributed by atoms with van der Waals surface area (Å²) in [4.78, 5) is 32.3. The number of rotatable bonds is 7. The van der Waals surface area contributed by atoms with Crippen LogP contribution >= 0.6 is 0 Å². The molecule has 0 atom stereocenters. The zero-order valence-electron chi connectivity index (χ0n) is 20.2. The molecular formula is C23H23F3N4O7S. The van der Waals surface area contributed by atoms with Crippen molar-refractivity contribution < 1.29 is 45.8 Å². The van der Waals surface area contributed by atoms with Crippen molar-refractivity contribution in [2.75, 3.05) is 18.1 Å². The molecule has 0 radical (unpaired) electrons. The summed E-state index contributed by atoms with van der Waals surface area (Å²) in [7, 11) is -3.12. The summed E-state index contributed by atoms with van der Waals surface area (Å²) in [6.07, 6.45) is -1.78. The van der Waals surface area contributed by atoms with Gasteiger partial charge in [0.1, 0.15) is 26.9 Å². The molecule has 1 aliphatic rings. The number of amides is 1. The van der Waals surface area contributed by atoms with Gasteiger partial charge in [-0.2, -0.15) is 13.2 Å². The maximum absolute atomic E-state index is 13.0. The normalized spacial score (nSPS) is 16.7. The number of ether oxygens (including phenoxy) is 2. The maximum atomic E-state index is 13.0. The van der Waals surface area contributed by atoms with Crippen LogP contribution < -0.4 is 14.8 Å². The number of hydrogen-bond donors (Lipinski definition) is 2. The Labute approximate surface area is 214 Å². The standard InChI is InChI=1S/C23H23F3N4O7S/c1-13-18(19(31)29-22(2)5-7-38(34,35)8-6-22)28-17-4-3-15(11-30(13)17)37-20-16(36-12-23(24,25)26)9-14(10-27-20)21(32)33/h3-4,9-11H,5-8,12H2,1-2H3,(H,29,31)(H,32,33). The van der Waals surface area contributed by atoms with Crippen LogP contribution in [0.15, 0.2) is 30.6 Å². The molecule has 3 aromatic rings. The molecule has 11 nitrogen and oxygen atoms in total. The highest BCUT2D eigenvalue weighted by Gasteiger charge is 2.35. The first kappa shape index (κ1) is 27.2. The largest absolute Gasteiger partial charge is 0.478 e. The van der Waals surface area contributed by atoms with E-state index in [1.165, 1.54) is 22.7 Å². The van der Waals surface area contributed by atoms with E-state index >= 15 is 0 Å². The Morgan fingerprint density at radius 1 is 1.24 bits per heavy atom. The van der Waals surface area contributed by atoms with Crippen LogP contribution in [0.4, 0.5) is 13.2 Å². The predicted molar refractivity (Wildman–Crippen MR) is 127 cm³/mol. The third-order valence-electron chi connectivity index (χ3n) is 6.06. The summed E-state index contributed by atoms with van der Waals surface area (Å²) in [6.45, 7) is 1.72. The van der Waals surface area contributed by atoms with Gasteiger partial charge >= 0.3 is 12.1 Å². The van der Waals surface area contributed by atoms with Crippen LogP contribution in [0.1, 0.15) is 46.3 Å². The summed E-state index contributed by atoms with van der Waals surface area (Å²) < 4.78 is 73.4. The topological polar surface area (TPSA) is 149 Å². The monoisotopic (exact) mass is 556 g/mol. The number of fused-ring (bicyclic) bond motifs is 1. The van der Waals surface area contributed by atoms with Crippen LogP contribution in [-0.2, 0) is 9.84 Å². The molecule has 1 amide bonds. The molecule has 1 aliphatic heterocycles. The SMILES string of the molecule is Cc1c(C(=O)NC2(C)CCS(=O)(=O)CC2)nc2ccc(Oc3ncc(C(=O)O)cc3OCC(F)(F)F)cn12. The molecule has 204 valence electrons. The fraction of sp³-hybridized carbons (Fsp3) is 0.391. The van der Waals surface area contributed by atoms with Gasteiger partial charge < -0.3 is 19.9 Å². The van der Waals surface area contributed by atoms with Crippen molar-refractivity contribution >= 4 is 27.4 Å². The van der Waals surface area contributed by atoms with Crippen molar-refractivity contribution in [2.24, 2.45) is 0 Å². The lowest BCUT2D eigenvalue weighted by Gasteiger charge is -2.34. The molecule has 4 heterocycles. The number of carbonyl (C=O) groups excluding carboxylic acids is 1. The number of aromatic carboxylic acids is 1. The van der Waals surface area contributed by atoms with Crippen molar-refractivity contribution in [1.29, 1.82) is 0 Å². The minimum atomic E-state index is -4.68. The number of alkyl halides is 3. The maximum Gasteiger partial charge on any atom is 0.422 e. The van der Waals surface area contributed by atoms with E-state index in [9.17, 15) is 31.2 Å². The Bertz CT molecular complexity index is 1510. The molecule has 0 aliphatic carbocycles. The average molecular weight is 557 g/mol. The van der Waals surface area contributed by atoms with Crippen molar-refractivity contribution in [3.63, 3.8) is 0 Å². The van der Waals surface area contributed by atoms with Crippen LogP contribution in [0.3, 0.4) is 0 Å². The highest BCUT2D eigenvalue weighted by Crippen LogP contribution is 2.32. The molecule has 1 fully saturated rings. The van der Waals surface area contributed by atoms with Crippen molar-refractivity contribution in [3.05, 3.63) is 47.5 Å². The van der Waals surface area contributed by atoms with Crippen LogP contribution in [-0.4, -0.2) is 69.6 Å².